The summed E-state index contributed by atoms with van der Waals surface area (Å²) in [6.07, 6.45) is 1.29. The fraction of sp³-hybridized carbons (Fsp3) is 0.0714. The predicted octanol–water partition coefficient (Wildman–Crippen LogP) is 3.49. The Morgan fingerprint density at radius 2 is 2.25 bits per heavy atom. The number of aromatic nitrogens is 1. The predicted molar refractivity (Wildman–Crippen MR) is 77.3 cm³/mol. The highest BCUT2D eigenvalue weighted by Gasteiger charge is 2.03. The number of amides is 1. The van der Waals surface area contributed by atoms with Gasteiger partial charge in [-0.05, 0) is 24.3 Å². The second kappa shape index (κ2) is 6.68. The highest BCUT2D eigenvalue weighted by atomic mass is 79.9. The molecule has 1 aromatic carbocycles. The molecule has 5 nitrogen and oxygen atoms in total. The van der Waals surface area contributed by atoms with Crippen LogP contribution in [0.4, 0.5) is 5.69 Å². The summed E-state index contributed by atoms with van der Waals surface area (Å²) >= 11 is 3.35. The molecule has 2 rings (SSSR count). The lowest BCUT2D eigenvalue weighted by Gasteiger charge is -2.06. The lowest BCUT2D eigenvalue weighted by Crippen LogP contribution is -2.10. The minimum absolute atomic E-state index is 0.184. The molecule has 0 aliphatic rings. The second-order valence-corrected chi connectivity index (χ2v) is 4.74. The number of carbonyl (C=O) groups excluding carboxylic acids is 1. The number of nitrogens with one attached hydrogen (secondary N) is 1. The molecule has 20 heavy (non-hydrogen) atoms. The van der Waals surface area contributed by atoms with Crippen LogP contribution in [0.25, 0.3) is 0 Å². The molecule has 0 fully saturated rings. The number of hydrogen-bond donors (Lipinski definition) is 1. The Morgan fingerprint density at radius 3 is 2.90 bits per heavy atom. The molecule has 0 atom stereocenters. The van der Waals surface area contributed by atoms with Crippen molar-refractivity contribution in [3.05, 3.63) is 47.1 Å². The number of hydrogen-bond acceptors (Lipinski definition) is 4. The number of nitrogens with zero attached hydrogens (tertiary/aromatic N) is 2. The first-order valence-electron chi connectivity index (χ1n) is 5.73. The maximum atomic E-state index is 11.2. The molecular formula is C14H10BrN3O2. The lowest BCUT2D eigenvalue weighted by molar-refractivity contribution is -0.115. The first kappa shape index (κ1) is 14.0. The van der Waals surface area contributed by atoms with Crippen molar-refractivity contribution >= 4 is 27.5 Å². The van der Waals surface area contributed by atoms with Crippen molar-refractivity contribution in [3.63, 3.8) is 0 Å². The molecule has 0 radical (unpaired) electrons. The van der Waals surface area contributed by atoms with E-state index >= 15 is 0 Å². The van der Waals surface area contributed by atoms with Gasteiger partial charge in [0.2, 0.25) is 11.8 Å². The standard InChI is InChI=1S/C14H10BrN3O2/c15-10-2-1-3-12(8-10)20-14-5-4-11(9-17-14)18-13(19)6-7-16/h1-5,8-9H,6H2,(H,18,19). The zero-order valence-corrected chi connectivity index (χ0v) is 11.9. The third kappa shape index (κ3) is 4.07. The molecule has 0 spiro atoms. The van der Waals surface area contributed by atoms with E-state index in [2.05, 4.69) is 26.2 Å². The highest BCUT2D eigenvalue weighted by molar-refractivity contribution is 9.10. The van der Waals surface area contributed by atoms with Crippen molar-refractivity contribution in [2.45, 2.75) is 6.42 Å². The van der Waals surface area contributed by atoms with Crippen LogP contribution in [0, 0.1) is 11.3 Å². The van der Waals surface area contributed by atoms with Gasteiger partial charge in [-0.15, -0.1) is 0 Å². The van der Waals surface area contributed by atoms with Crippen LogP contribution in [0.3, 0.4) is 0 Å². The van der Waals surface area contributed by atoms with Gasteiger partial charge in [0.05, 0.1) is 18.0 Å². The van der Waals surface area contributed by atoms with E-state index in [1.807, 2.05) is 24.3 Å². The van der Waals surface area contributed by atoms with Crippen LogP contribution in [-0.4, -0.2) is 10.9 Å². The minimum atomic E-state index is -0.366. The number of pyridine rings is 1. The van der Waals surface area contributed by atoms with Crippen LogP contribution < -0.4 is 10.1 Å². The van der Waals surface area contributed by atoms with E-state index in [9.17, 15) is 4.79 Å². The zero-order valence-electron chi connectivity index (χ0n) is 10.3. The second-order valence-electron chi connectivity index (χ2n) is 3.83. The van der Waals surface area contributed by atoms with Gasteiger partial charge in [-0.25, -0.2) is 4.98 Å². The summed E-state index contributed by atoms with van der Waals surface area (Å²) < 4.78 is 6.47. The summed E-state index contributed by atoms with van der Waals surface area (Å²) in [7, 11) is 0. The van der Waals surface area contributed by atoms with Gasteiger partial charge in [-0.3, -0.25) is 4.79 Å². The first-order valence-corrected chi connectivity index (χ1v) is 6.53. The monoisotopic (exact) mass is 331 g/mol. The number of rotatable bonds is 4. The molecule has 0 aliphatic carbocycles. The number of nitriles is 1. The number of carbonyl (C=O) groups is 1. The van der Waals surface area contributed by atoms with E-state index in [0.29, 0.717) is 17.3 Å². The van der Waals surface area contributed by atoms with Crippen molar-refractivity contribution in [2.24, 2.45) is 0 Å². The van der Waals surface area contributed by atoms with Crippen LogP contribution >= 0.6 is 15.9 Å². The Hall–Kier alpha value is -2.39. The van der Waals surface area contributed by atoms with Gasteiger partial charge in [0.25, 0.3) is 0 Å². The maximum Gasteiger partial charge on any atom is 0.238 e. The molecule has 0 aliphatic heterocycles. The number of anilines is 1. The Balaban J connectivity index is 2.02. The van der Waals surface area contributed by atoms with E-state index in [1.54, 1.807) is 18.2 Å². The molecule has 0 bridgehead atoms. The third-order valence-corrected chi connectivity index (χ3v) is 2.77. The molecule has 2 aromatic rings. The number of benzene rings is 1. The van der Waals surface area contributed by atoms with E-state index < -0.39 is 0 Å². The first-order chi connectivity index (χ1) is 9.67. The number of ether oxygens (including phenoxy) is 1. The van der Waals surface area contributed by atoms with Crippen LogP contribution in [-0.2, 0) is 4.79 Å². The summed E-state index contributed by atoms with van der Waals surface area (Å²) in [4.78, 5) is 15.3. The van der Waals surface area contributed by atoms with Gasteiger partial charge < -0.3 is 10.1 Å². The summed E-state index contributed by atoms with van der Waals surface area (Å²) in [5.74, 6) is 0.712. The summed E-state index contributed by atoms with van der Waals surface area (Å²) in [6.45, 7) is 0. The lowest BCUT2D eigenvalue weighted by atomic mass is 10.3. The van der Waals surface area contributed by atoms with Crippen molar-refractivity contribution in [2.75, 3.05) is 5.32 Å². The Labute approximate surface area is 124 Å². The van der Waals surface area contributed by atoms with Gasteiger partial charge in [0.15, 0.2) is 0 Å². The smallest absolute Gasteiger partial charge is 0.238 e. The zero-order chi connectivity index (χ0) is 14.4. The molecule has 0 saturated heterocycles. The van der Waals surface area contributed by atoms with Gasteiger partial charge in [-0.2, -0.15) is 5.26 Å². The van der Waals surface area contributed by atoms with Crippen LogP contribution in [0.2, 0.25) is 0 Å². The molecular weight excluding hydrogens is 322 g/mol. The Bertz CT molecular complexity index is 650. The van der Waals surface area contributed by atoms with Gasteiger partial charge in [0, 0.05) is 10.5 Å². The van der Waals surface area contributed by atoms with Crippen LogP contribution in [0.5, 0.6) is 11.6 Å². The van der Waals surface area contributed by atoms with Crippen molar-refractivity contribution < 1.29 is 9.53 Å². The molecule has 6 heteroatoms. The average molecular weight is 332 g/mol. The van der Waals surface area contributed by atoms with E-state index in [4.69, 9.17) is 10.00 Å². The summed E-state index contributed by atoms with van der Waals surface area (Å²) in [6, 6.07) is 12.5. The molecule has 0 saturated carbocycles. The van der Waals surface area contributed by atoms with Gasteiger partial charge in [-0.1, -0.05) is 22.0 Å². The molecule has 1 amide bonds. The van der Waals surface area contributed by atoms with Crippen molar-refractivity contribution in [1.29, 1.82) is 5.26 Å². The normalized spacial score (nSPS) is 9.60. The maximum absolute atomic E-state index is 11.2. The topological polar surface area (TPSA) is 75.0 Å². The van der Waals surface area contributed by atoms with E-state index in [-0.39, 0.29) is 12.3 Å². The van der Waals surface area contributed by atoms with Gasteiger partial charge >= 0.3 is 0 Å². The summed E-state index contributed by atoms with van der Waals surface area (Å²) in [5, 5.41) is 11.0. The molecule has 0 unspecified atom stereocenters. The van der Waals surface area contributed by atoms with Crippen molar-refractivity contribution in [3.8, 4) is 17.7 Å². The summed E-state index contributed by atoms with van der Waals surface area (Å²) in [5.41, 5.74) is 0.520. The average Bonchev–Trinajstić information content (AvgIpc) is 2.41. The Kier molecular flexibility index (Phi) is 4.69. The largest absolute Gasteiger partial charge is 0.439 e. The van der Waals surface area contributed by atoms with Crippen LogP contribution in [0.1, 0.15) is 6.42 Å². The van der Waals surface area contributed by atoms with E-state index in [0.717, 1.165) is 4.47 Å². The molecule has 1 aromatic heterocycles. The quantitative estimate of drug-likeness (QED) is 0.930. The SMILES string of the molecule is N#CCC(=O)Nc1ccc(Oc2cccc(Br)c2)nc1. The molecule has 1 heterocycles. The Morgan fingerprint density at radius 1 is 1.40 bits per heavy atom. The van der Waals surface area contributed by atoms with Crippen molar-refractivity contribution in [1.82, 2.24) is 4.98 Å². The van der Waals surface area contributed by atoms with E-state index in [1.165, 1.54) is 6.20 Å². The van der Waals surface area contributed by atoms with Gasteiger partial charge in [0.1, 0.15) is 12.2 Å². The highest BCUT2D eigenvalue weighted by Crippen LogP contribution is 2.23. The fourth-order valence-corrected chi connectivity index (χ4v) is 1.82. The molecule has 100 valence electrons. The third-order valence-electron chi connectivity index (χ3n) is 2.28. The minimum Gasteiger partial charge on any atom is -0.439 e. The van der Waals surface area contributed by atoms with Crippen LogP contribution in [0.15, 0.2) is 47.1 Å². The molecule has 1 N–H and O–H groups in total. The number of halogens is 1. The fourth-order valence-electron chi connectivity index (χ4n) is 1.44.